The second kappa shape index (κ2) is 6.90. The second-order valence-corrected chi connectivity index (χ2v) is 6.31. The molecule has 0 unspecified atom stereocenters. The van der Waals surface area contributed by atoms with Gasteiger partial charge < -0.3 is 10.0 Å². The highest BCUT2D eigenvalue weighted by atomic mass is 32.2. The van der Waals surface area contributed by atoms with Crippen molar-refractivity contribution >= 4 is 35.0 Å². The Morgan fingerprint density at radius 1 is 1.52 bits per heavy atom. The Balaban J connectivity index is 2.15. The van der Waals surface area contributed by atoms with Gasteiger partial charge in [-0.3, -0.25) is 9.36 Å². The highest BCUT2D eigenvalue weighted by Crippen LogP contribution is 2.23. The number of carboxylic acids is 1. The van der Waals surface area contributed by atoms with Gasteiger partial charge in [0.05, 0.1) is 23.5 Å². The third-order valence-corrected chi connectivity index (χ3v) is 4.78. The first-order chi connectivity index (χ1) is 10.0. The van der Waals surface area contributed by atoms with Crippen LogP contribution in [0, 0.1) is 6.92 Å². The highest BCUT2D eigenvalue weighted by Gasteiger charge is 2.17. The number of carboxylic acid groups (broad SMARTS) is 1. The topological polar surface area (TPSA) is 84.1 Å². The van der Waals surface area contributed by atoms with E-state index in [0.717, 1.165) is 11.6 Å². The second-order valence-electron chi connectivity index (χ2n) is 4.43. The van der Waals surface area contributed by atoms with E-state index in [2.05, 4.69) is 15.2 Å². The molecule has 0 amide bonds. The standard InChI is InChI=1S/C12H17N5O2S2/c1-4-17-11(14-15-12(17)20-6-10(18)19)16(3)5-9-8(2)13-7-21-9/h7H,4-6H2,1-3H3,(H,18,19). The van der Waals surface area contributed by atoms with Gasteiger partial charge in [-0.2, -0.15) is 0 Å². The minimum Gasteiger partial charge on any atom is -0.481 e. The van der Waals surface area contributed by atoms with Crippen LogP contribution in [0.4, 0.5) is 5.95 Å². The summed E-state index contributed by atoms with van der Waals surface area (Å²) in [5, 5.41) is 17.7. The summed E-state index contributed by atoms with van der Waals surface area (Å²) < 4.78 is 1.92. The lowest BCUT2D eigenvalue weighted by molar-refractivity contribution is -0.133. The van der Waals surface area contributed by atoms with E-state index in [9.17, 15) is 4.79 Å². The van der Waals surface area contributed by atoms with Gasteiger partial charge in [-0.1, -0.05) is 11.8 Å². The van der Waals surface area contributed by atoms with E-state index in [0.29, 0.717) is 18.2 Å². The predicted molar refractivity (Wildman–Crippen MR) is 83.0 cm³/mol. The van der Waals surface area contributed by atoms with Crippen LogP contribution in [-0.4, -0.2) is 43.6 Å². The monoisotopic (exact) mass is 327 g/mol. The van der Waals surface area contributed by atoms with E-state index >= 15 is 0 Å². The Hall–Kier alpha value is -1.61. The Morgan fingerprint density at radius 3 is 2.86 bits per heavy atom. The van der Waals surface area contributed by atoms with Gasteiger partial charge in [0.25, 0.3) is 0 Å². The van der Waals surface area contributed by atoms with Crippen molar-refractivity contribution in [3.05, 3.63) is 16.1 Å². The molecule has 0 fully saturated rings. The summed E-state index contributed by atoms with van der Waals surface area (Å²) >= 11 is 2.80. The average Bonchev–Trinajstić information content (AvgIpc) is 3.02. The van der Waals surface area contributed by atoms with Crippen molar-refractivity contribution in [1.29, 1.82) is 0 Å². The summed E-state index contributed by atoms with van der Waals surface area (Å²) in [6, 6.07) is 0. The summed E-state index contributed by atoms with van der Waals surface area (Å²) in [6.45, 7) is 5.37. The van der Waals surface area contributed by atoms with Crippen LogP contribution in [0.5, 0.6) is 0 Å². The van der Waals surface area contributed by atoms with Crippen LogP contribution in [0.1, 0.15) is 17.5 Å². The number of aromatic nitrogens is 4. The third-order valence-electron chi connectivity index (χ3n) is 2.91. The van der Waals surface area contributed by atoms with Crippen molar-refractivity contribution in [2.75, 3.05) is 17.7 Å². The van der Waals surface area contributed by atoms with E-state index in [1.165, 1.54) is 16.6 Å². The van der Waals surface area contributed by atoms with Crippen molar-refractivity contribution in [2.45, 2.75) is 32.1 Å². The fourth-order valence-electron chi connectivity index (χ4n) is 1.84. The predicted octanol–water partition coefficient (Wildman–Crippen LogP) is 1.88. The number of thiazole rings is 1. The average molecular weight is 327 g/mol. The zero-order valence-electron chi connectivity index (χ0n) is 12.1. The molecule has 21 heavy (non-hydrogen) atoms. The largest absolute Gasteiger partial charge is 0.481 e. The first-order valence-corrected chi connectivity index (χ1v) is 8.27. The smallest absolute Gasteiger partial charge is 0.313 e. The zero-order valence-corrected chi connectivity index (χ0v) is 13.7. The normalized spacial score (nSPS) is 10.8. The molecule has 0 aromatic carbocycles. The number of hydrogen-bond donors (Lipinski definition) is 1. The Morgan fingerprint density at radius 2 is 2.29 bits per heavy atom. The number of carbonyl (C=O) groups is 1. The Kier molecular flexibility index (Phi) is 5.18. The van der Waals surface area contributed by atoms with Gasteiger partial charge in [-0.05, 0) is 13.8 Å². The molecule has 0 aliphatic carbocycles. The van der Waals surface area contributed by atoms with Crippen molar-refractivity contribution < 1.29 is 9.90 Å². The van der Waals surface area contributed by atoms with E-state index in [-0.39, 0.29) is 5.75 Å². The number of aliphatic carboxylic acids is 1. The summed E-state index contributed by atoms with van der Waals surface area (Å²) in [7, 11) is 1.95. The maximum Gasteiger partial charge on any atom is 0.313 e. The van der Waals surface area contributed by atoms with E-state index in [4.69, 9.17) is 5.11 Å². The number of aryl methyl sites for hydroxylation is 1. The minimum absolute atomic E-state index is 0.0181. The van der Waals surface area contributed by atoms with Crippen molar-refractivity contribution in [3.63, 3.8) is 0 Å². The zero-order chi connectivity index (χ0) is 15.4. The summed E-state index contributed by atoms with van der Waals surface area (Å²) in [4.78, 5) is 18.1. The lowest BCUT2D eigenvalue weighted by Gasteiger charge is -2.18. The molecular weight excluding hydrogens is 310 g/mol. The van der Waals surface area contributed by atoms with Crippen molar-refractivity contribution in [1.82, 2.24) is 19.7 Å². The van der Waals surface area contributed by atoms with Crippen LogP contribution in [0.3, 0.4) is 0 Å². The maximum atomic E-state index is 10.7. The van der Waals surface area contributed by atoms with Crippen LogP contribution >= 0.6 is 23.1 Å². The Labute approximate surface area is 131 Å². The molecule has 0 aliphatic rings. The molecular formula is C12H17N5O2S2. The molecule has 114 valence electrons. The first kappa shape index (κ1) is 15.8. The van der Waals surface area contributed by atoms with Gasteiger partial charge in [-0.25, -0.2) is 4.98 Å². The number of hydrogen-bond acceptors (Lipinski definition) is 7. The van der Waals surface area contributed by atoms with Gasteiger partial charge in [0, 0.05) is 18.5 Å². The molecule has 0 bridgehead atoms. The molecule has 0 saturated carbocycles. The highest BCUT2D eigenvalue weighted by molar-refractivity contribution is 7.99. The number of anilines is 1. The molecule has 7 nitrogen and oxygen atoms in total. The van der Waals surface area contributed by atoms with Crippen LogP contribution in [0.25, 0.3) is 0 Å². The molecule has 9 heteroatoms. The minimum atomic E-state index is -0.860. The molecule has 0 aliphatic heterocycles. The molecule has 1 N–H and O–H groups in total. The summed E-state index contributed by atoms with van der Waals surface area (Å²) in [5.74, 6) is -0.144. The fraction of sp³-hybridized carbons (Fsp3) is 0.500. The quantitative estimate of drug-likeness (QED) is 0.777. The SMILES string of the molecule is CCn1c(SCC(=O)O)nnc1N(C)Cc1scnc1C. The lowest BCUT2D eigenvalue weighted by atomic mass is 10.4. The van der Waals surface area contributed by atoms with E-state index < -0.39 is 5.97 Å². The molecule has 0 radical (unpaired) electrons. The summed E-state index contributed by atoms with van der Waals surface area (Å²) in [6.07, 6.45) is 0. The Bertz CT molecular complexity index is 625. The number of thioether (sulfide) groups is 1. The van der Waals surface area contributed by atoms with Crippen LogP contribution < -0.4 is 4.90 Å². The van der Waals surface area contributed by atoms with Gasteiger partial charge in [0.15, 0.2) is 5.16 Å². The van der Waals surface area contributed by atoms with Crippen molar-refractivity contribution in [3.8, 4) is 0 Å². The van der Waals surface area contributed by atoms with Crippen molar-refractivity contribution in [2.24, 2.45) is 0 Å². The molecule has 0 spiro atoms. The van der Waals surface area contributed by atoms with Crippen LogP contribution in [0.2, 0.25) is 0 Å². The number of nitrogens with zero attached hydrogens (tertiary/aromatic N) is 5. The molecule has 2 aromatic rings. The van der Waals surface area contributed by atoms with Crippen LogP contribution in [0.15, 0.2) is 10.7 Å². The molecule has 0 saturated heterocycles. The molecule has 2 heterocycles. The van der Waals surface area contributed by atoms with E-state index in [1.807, 2.05) is 35.9 Å². The van der Waals surface area contributed by atoms with Crippen LogP contribution in [-0.2, 0) is 17.9 Å². The lowest BCUT2D eigenvalue weighted by Crippen LogP contribution is -2.21. The van der Waals surface area contributed by atoms with Gasteiger partial charge >= 0.3 is 5.97 Å². The van der Waals surface area contributed by atoms with Gasteiger partial charge in [-0.15, -0.1) is 21.5 Å². The first-order valence-electron chi connectivity index (χ1n) is 6.40. The number of rotatable bonds is 7. The van der Waals surface area contributed by atoms with E-state index in [1.54, 1.807) is 11.3 Å². The summed E-state index contributed by atoms with van der Waals surface area (Å²) in [5.41, 5.74) is 2.85. The molecule has 2 rings (SSSR count). The third kappa shape index (κ3) is 3.73. The molecule has 0 atom stereocenters. The van der Waals surface area contributed by atoms with Gasteiger partial charge in [0.1, 0.15) is 0 Å². The fourth-order valence-corrected chi connectivity index (χ4v) is 3.38. The maximum absolute atomic E-state index is 10.7. The molecule has 2 aromatic heterocycles. The van der Waals surface area contributed by atoms with Gasteiger partial charge in [0.2, 0.25) is 5.95 Å².